The normalized spacial score (nSPS) is 18.4. The van der Waals surface area contributed by atoms with E-state index in [1.165, 1.54) is 0 Å². The third kappa shape index (κ3) is 2.64. The molecule has 0 bridgehead atoms. The number of hydrogen-bond acceptors (Lipinski definition) is 2. The van der Waals surface area contributed by atoms with E-state index < -0.39 is 0 Å². The van der Waals surface area contributed by atoms with Gasteiger partial charge in [-0.3, -0.25) is 4.79 Å². The van der Waals surface area contributed by atoms with Crippen LogP contribution in [0.1, 0.15) is 37.3 Å². The lowest BCUT2D eigenvalue weighted by atomic mass is 10.0. The molecule has 0 radical (unpaired) electrons. The predicted molar refractivity (Wildman–Crippen MR) is 81.4 cm³/mol. The highest BCUT2D eigenvalue weighted by atomic mass is 16.2. The molecule has 1 N–H and O–H groups in total. The molecule has 1 saturated heterocycles. The highest BCUT2D eigenvalue weighted by Gasteiger charge is 2.29. The molecule has 2 aromatic rings. The minimum atomic E-state index is 0.249. The number of fused-ring (bicyclic) bond motifs is 1. The van der Waals surface area contributed by atoms with Crippen molar-refractivity contribution < 1.29 is 4.79 Å². The van der Waals surface area contributed by atoms with E-state index in [2.05, 4.69) is 18.0 Å². The van der Waals surface area contributed by atoms with Crippen LogP contribution in [0.2, 0.25) is 0 Å². The molecule has 0 aliphatic carbocycles. The monoisotopic (exact) mass is 281 g/mol. The standard InChI is InChI=1S/C17H19N3O/c1-2-3-13-7-17(21)20(10-13)11-14-9-19-16-5-4-12(8-18)6-15(14)16/h4-6,9,13,19H,2-3,7,10-11H2,1H3. The van der Waals surface area contributed by atoms with Crippen LogP contribution in [-0.2, 0) is 11.3 Å². The van der Waals surface area contributed by atoms with Gasteiger partial charge in [-0.05, 0) is 36.1 Å². The second-order valence-electron chi connectivity index (χ2n) is 5.82. The number of nitriles is 1. The molecule has 1 aliphatic rings. The topological polar surface area (TPSA) is 59.9 Å². The van der Waals surface area contributed by atoms with Crippen molar-refractivity contribution in [1.29, 1.82) is 5.26 Å². The first-order valence-electron chi connectivity index (χ1n) is 7.49. The van der Waals surface area contributed by atoms with Crippen molar-refractivity contribution in [3.8, 4) is 6.07 Å². The Morgan fingerprint density at radius 3 is 3.10 bits per heavy atom. The van der Waals surface area contributed by atoms with Crippen molar-refractivity contribution in [1.82, 2.24) is 9.88 Å². The number of nitrogens with zero attached hydrogens (tertiary/aromatic N) is 2. The molecule has 1 unspecified atom stereocenters. The summed E-state index contributed by atoms with van der Waals surface area (Å²) in [5, 5.41) is 10.1. The summed E-state index contributed by atoms with van der Waals surface area (Å²) >= 11 is 0. The molecule has 3 rings (SSSR count). The lowest BCUT2D eigenvalue weighted by Gasteiger charge is -2.16. The zero-order valence-corrected chi connectivity index (χ0v) is 12.2. The van der Waals surface area contributed by atoms with Gasteiger partial charge in [0.05, 0.1) is 11.6 Å². The average Bonchev–Trinajstić information content (AvgIpc) is 3.04. The zero-order chi connectivity index (χ0) is 14.8. The van der Waals surface area contributed by atoms with Gasteiger partial charge in [-0.25, -0.2) is 0 Å². The molecule has 4 nitrogen and oxygen atoms in total. The molecule has 0 spiro atoms. The molecule has 1 amide bonds. The van der Waals surface area contributed by atoms with Gasteiger partial charge < -0.3 is 9.88 Å². The summed E-state index contributed by atoms with van der Waals surface area (Å²) in [6.07, 6.45) is 4.88. The summed E-state index contributed by atoms with van der Waals surface area (Å²) in [7, 11) is 0. The minimum absolute atomic E-state index is 0.249. The number of amides is 1. The summed E-state index contributed by atoms with van der Waals surface area (Å²) in [5.41, 5.74) is 2.76. The van der Waals surface area contributed by atoms with Crippen LogP contribution in [0, 0.1) is 17.2 Å². The zero-order valence-electron chi connectivity index (χ0n) is 12.2. The highest BCUT2D eigenvalue weighted by molar-refractivity contribution is 5.85. The second-order valence-corrected chi connectivity index (χ2v) is 5.82. The molecule has 0 saturated carbocycles. The second kappa shape index (κ2) is 5.61. The van der Waals surface area contributed by atoms with E-state index in [9.17, 15) is 4.79 Å². The molecule has 1 aromatic carbocycles. The first-order valence-corrected chi connectivity index (χ1v) is 7.49. The van der Waals surface area contributed by atoms with Crippen molar-refractivity contribution in [2.24, 2.45) is 5.92 Å². The lowest BCUT2D eigenvalue weighted by Crippen LogP contribution is -2.24. The van der Waals surface area contributed by atoms with Crippen LogP contribution in [0.3, 0.4) is 0 Å². The van der Waals surface area contributed by atoms with Crippen molar-refractivity contribution >= 4 is 16.8 Å². The van der Waals surface area contributed by atoms with Crippen LogP contribution in [0.4, 0.5) is 0 Å². The highest BCUT2D eigenvalue weighted by Crippen LogP contribution is 2.26. The van der Waals surface area contributed by atoms with Crippen molar-refractivity contribution in [3.05, 3.63) is 35.5 Å². The van der Waals surface area contributed by atoms with Crippen LogP contribution >= 0.6 is 0 Å². The Morgan fingerprint density at radius 1 is 1.48 bits per heavy atom. The van der Waals surface area contributed by atoms with Gasteiger partial charge in [0.2, 0.25) is 5.91 Å². The van der Waals surface area contributed by atoms with Gasteiger partial charge in [0.15, 0.2) is 0 Å². The maximum absolute atomic E-state index is 12.1. The predicted octanol–water partition coefficient (Wildman–Crippen LogP) is 3.19. The maximum atomic E-state index is 12.1. The number of likely N-dealkylation sites (tertiary alicyclic amines) is 1. The van der Waals surface area contributed by atoms with Gasteiger partial charge in [-0.15, -0.1) is 0 Å². The minimum Gasteiger partial charge on any atom is -0.361 e. The lowest BCUT2D eigenvalue weighted by molar-refractivity contribution is -0.128. The molecule has 4 heteroatoms. The van der Waals surface area contributed by atoms with E-state index in [0.717, 1.165) is 35.9 Å². The van der Waals surface area contributed by atoms with Gasteiger partial charge >= 0.3 is 0 Å². The Balaban J connectivity index is 1.82. The number of aromatic nitrogens is 1. The number of carbonyl (C=O) groups excluding carboxylic acids is 1. The fourth-order valence-electron chi connectivity index (χ4n) is 3.19. The third-order valence-corrected chi connectivity index (χ3v) is 4.25. The number of rotatable bonds is 4. The summed E-state index contributed by atoms with van der Waals surface area (Å²) in [5.74, 6) is 0.751. The van der Waals surface area contributed by atoms with E-state index in [1.54, 1.807) is 6.07 Å². The fourth-order valence-corrected chi connectivity index (χ4v) is 3.19. The molecule has 21 heavy (non-hydrogen) atoms. The Bertz CT molecular complexity index is 710. The van der Waals surface area contributed by atoms with Crippen molar-refractivity contribution in [2.75, 3.05) is 6.54 Å². The first-order chi connectivity index (χ1) is 10.2. The van der Waals surface area contributed by atoms with Crippen LogP contribution in [0.15, 0.2) is 24.4 Å². The molecule has 2 heterocycles. The molecule has 108 valence electrons. The molecule has 1 aromatic heterocycles. The average molecular weight is 281 g/mol. The van der Waals surface area contributed by atoms with E-state index in [4.69, 9.17) is 5.26 Å². The van der Waals surface area contributed by atoms with Crippen LogP contribution in [0.25, 0.3) is 10.9 Å². The third-order valence-electron chi connectivity index (χ3n) is 4.25. The van der Waals surface area contributed by atoms with E-state index in [0.29, 0.717) is 24.4 Å². The summed E-state index contributed by atoms with van der Waals surface area (Å²) in [6.45, 7) is 3.65. The number of nitrogens with one attached hydrogen (secondary N) is 1. The summed E-state index contributed by atoms with van der Waals surface area (Å²) < 4.78 is 0. The van der Waals surface area contributed by atoms with Gasteiger partial charge in [-0.1, -0.05) is 13.3 Å². The summed E-state index contributed by atoms with van der Waals surface area (Å²) in [6, 6.07) is 7.79. The molecule has 1 fully saturated rings. The smallest absolute Gasteiger partial charge is 0.223 e. The van der Waals surface area contributed by atoms with Crippen LogP contribution < -0.4 is 0 Å². The molecular weight excluding hydrogens is 262 g/mol. The van der Waals surface area contributed by atoms with Crippen LogP contribution in [0.5, 0.6) is 0 Å². The van der Waals surface area contributed by atoms with Crippen LogP contribution in [-0.4, -0.2) is 22.3 Å². The number of hydrogen-bond donors (Lipinski definition) is 1. The molecular formula is C17H19N3O. The van der Waals surface area contributed by atoms with Crippen molar-refractivity contribution in [3.63, 3.8) is 0 Å². The number of aromatic amines is 1. The quantitative estimate of drug-likeness (QED) is 0.935. The summed E-state index contributed by atoms with van der Waals surface area (Å²) in [4.78, 5) is 17.3. The van der Waals surface area contributed by atoms with Crippen molar-refractivity contribution in [2.45, 2.75) is 32.7 Å². The van der Waals surface area contributed by atoms with E-state index in [1.807, 2.05) is 23.2 Å². The fraction of sp³-hybridized carbons (Fsp3) is 0.412. The van der Waals surface area contributed by atoms with E-state index >= 15 is 0 Å². The van der Waals surface area contributed by atoms with Gasteiger partial charge in [0.1, 0.15) is 0 Å². The number of benzene rings is 1. The Morgan fingerprint density at radius 2 is 2.33 bits per heavy atom. The Kier molecular flexibility index (Phi) is 3.66. The van der Waals surface area contributed by atoms with Gasteiger partial charge in [0.25, 0.3) is 0 Å². The van der Waals surface area contributed by atoms with E-state index in [-0.39, 0.29) is 5.91 Å². The maximum Gasteiger partial charge on any atom is 0.223 e. The Labute approximate surface area is 124 Å². The molecule has 1 atom stereocenters. The molecule has 1 aliphatic heterocycles. The first kappa shape index (κ1) is 13.7. The Hall–Kier alpha value is -2.28. The van der Waals surface area contributed by atoms with Gasteiger partial charge in [-0.2, -0.15) is 5.26 Å². The van der Waals surface area contributed by atoms with Gasteiger partial charge in [0, 0.05) is 36.6 Å². The largest absolute Gasteiger partial charge is 0.361 e. The SMILES string of the molecule is CCCC1CC(=O)N(Cc2c[nH]c3ccc(C#N)cc23)C1. The number of carbonyl (C=O) groups is 1. The number of H-pyrrole nitrogens is 1.